The number of nitrogens with zero attached hydrogens (tertiary/aromatic N) is 2. The molecule has 0 saturated carbocycles. The summed E-state index contributed by atoms with van der Waals surface area (Å²) in [6.07, 6.45) is 23.8. The van der Waals surface area contributed by atoms with Crippen molar-refractivity contribution in [1.82, 2.24) is 9.97 Å². The summed E-state index contributed by atoms with van der Waals surface area (Å²) in [4.78, 5) is 8.12. The maximum atomic E-state index is 5.73. The molecule has 0 radical (unpaired) electrons. The van der Waals surface area contributed by atoms with Gasteiger partial charge < -0.3 is 9.47 Å². The van der Waals surface area contributed by atoms with E-state index in [4.69, 9.17) is 9.47 Å². The lowest BCUT2D eigenvalue weighted by molar-refractivity contribution is 0.401. The summed E-state index contributed by atoms with van der Waals surface area (Å²) in [5.41, 5.74) is 8.59. The third kappa shape index (κ3) is 7.80. The van der Waals surface area contributed by atoms with Crippen LogP contribution in [0.5, 0.6) is 11.5 Å². The number of rotatable bonds is 10. The predicted octanol–water partition coefficient (Wildman–Crippen LogP) is 9.18. The molecule has 4 heteroatoms. The second kappa shape index (κ2) is 14.2. The highest BCUT2D eigenvalue weighted by molar-refractivity contribution is 5.80. The van der Waals surface area contributed by atoms with Gasteiger partial charge in [0.15, 0.2) is 0 Å². The molecule has 0 unspecified atom stereocenters. The minimum atomic E-state index is 0.778. The quantitative estimate of drug-likeness (QED) is 0.163. The molecular weight excluding hydrogens is 516 g/mol. The normalized spacial score (nSPS) is 11.7. The minimum absolute atomic E-state index is 0.778. The van der Waals surface area contributed by atoms with E-state index in [0.717, 1.165) is 56.0 Å². The molecule has 2 aromatic heterocycles. The Morgan fingerprint density at radius 3 is 0.929 bits per heavy atom. The smallest absolute Gasteiger partial charge is 0.126 e. The van der Waals surface area contributed by atoms with Gasteiger partial charge in [0.2, 0.25) is 0 Å². The van der Waals surface area contributed by atoms with Gasteiger partial charge >= 0.3 is 0 Å². The molecule has 42 heavy (non-hydrogen) atoms. The van der Waals surface area contributed by atoms with Crippen molar-refractivity contribution in [1.29, 1.82) is 0 Å². The molecular formula is C38H32N2O2. The first-order valence-corrected chi connectivity index (χ1v) is 13.7. The summed E-state index contributed by atoms with van der Waals surface area (Å²) in [5.74, 6) is 1.56. The van der Waals surface area contributed by atoms with Crippen LogP contribution in [-0.4, -0.2) is 24.2 Å². The van der Waals surface area contributed by atoms with E-state index in [2.05, 4.69) is 107 Å². The molecule has 0 fully saturated rings. The summed E-state index contributed by atoms with van der Waals surface area (Å²) in [5, 5.41) is 0. The third-order valence-corrected chi connectivity index (χ3v) is 6.71. The van der Waals surface area contributed by atoms with Gasteiger partial charge in [0, 0.05) is 35.9 Å². The van der Waals surface area contributed by atoms with Crippen molar-refractivity contribution >= 4 is 48.6 Å². The Labute approximate surface area is 247 Å². The van der Waals surface area contributed by atoms with Crippen molar-refractivity contribution in [3.8, 4) is 11.5 Å². The molecule has 0 bridgehead atoms. The van der Waals surface area contributed by atoms with E-state index in [1.165, 1.54) is 0 Å². The molecule has 5 aromatic rings. The number of hydrogen-bond donors (Lipinski definition) is 0. The number of pyridine rings is 2. The summed E-state index contributed by atoms with van der Waals surface area (Å²) in [7, 11) is 3.38. The SMILES string of the molecule is COc1cc(/C=C/c2ccc(/C=C/c3ccncc3)cc2)c(OC)cc1/C=C/c1ccc(/C=C/c2ccncc2)cc1. The average Bonchev–Trinajstić information content (AvgIpc) is 3.06. The maximum absolute atomic E-state index is 5.73. The molecule has 0 amide bonds. The van der Waals surface area contributed by atoms with Gasteiger partial charge in [-0.05, 0) is 69.8 Å². The molecule has 206 valence electrons. The highest BCUT2D eigenvalue weighted by Gasteiger charge is 2.08. The van der Waals surface area contributed by atoms with Crippen LogP contribution >= 0.6 is 0 Å². The fourth-order valence-electron chi connectivity index (χ4n) is 4.35. The van der Waals surface area contributed by atoms with E-state index in [-0.39, 0.29) is 0 Å². The Bertz CT molecular complexity index is 1570. The molecule has 3 aromatic carbocycles. The summed E-state index contributed by atoms with van der Waals surface area (Å²) < 4.78 is 11.5. The van der Waals surface area contributed by atoms with Crippen LogP contribution in [0.2, 0.25) is 0 Å². The zero-order valence-electron chi connectivity index (χ0n) is 23.7. The van der Waals surface area contributed by atoms with Crippen molar-refractivity contribution < 1.29 is 9.47 Å². The van der Waals surface area contributed by atoms with E-state index < -0.39 is 0 Å². The largest absolute Gasteiger partial charge is 0.496 e. The lowest BCUT2D eigenvalue weighted by atomic mass is 10.0. The van der Waals surface area contributed by atoms with Crippen molar-refractivity contribution in [2.75, 3.05) is 14.2 Å². The topological polar surface area (TPSA) is 44.2 Å². The predicted molar refractivity (Wildman–Crippen MR) is 177 cm³/mol. The van der Waals surface area contributed by atoms with Gasteiger partial charge in [-0.3, -0.25) is 9.97 Å². The van der Waals surface area contributed by atoms with E-state index >= 15 is 0 Å². The van der Waals surface area contributed by atoms with E-state index in [9.17, 15) is 0 Å². The summed E-state index contributed by atoms with van der Waals surface area (Å²) in [6.45, 7) is 0. The molecule has 4 nitrogen and oxygen atoms in total. The molecule has 0 saturated heterocycles. The Hall–Kier alpha value is -5.48. The van der Waals surface area contributed by atoms with Crippen molar-refractivity contribution in [3.05, 3.63) is 154 Å². The van der Waals surface area contributed by atoms with Crippen LogP contribution in [-0.2, 0) is 0 Å². The fourth-order valence-corrected chi connectivity index (χ4v) is 4.35. The van der Waals surface area contributed by atoms with Crippen LogP contribution in [0.25, 0.3) is 48.6 Å². The van der Waals surface area contributed by atoms with Crippen molar-refractivity contribution in [3.63, 3.8) is 0 Å². The van der Waals surface area contributed by atoms with Gasteiger partial charge in [-0.1, -0.05) is 97.1 Å². The molecule has 0 aliphatic carbocycles. The van der Waals surface area contributed by atoms with Gasteiger partial charge in [-0.25, -0.2) is 0 Å². The summed E-state index contributed by atoms with van der Waals surface area (Å²) >= 11 is 0. The number of ether oxygens (including phenoxy) is 2. The zero-order chi connectivity index (χ0) is 29.0. The van der Waals surface area contributed by atoms with Crippen LogP contribution < -0.4 is 9.47 Å². The van der Waals surface area contributed by atoms with Crippen LogP contribution in [0.4, 0.5) is 0 Å². The second-order valence-corrected chi connectivity index (χ2v) is 9.56. The fraction of sp³-hybridized carbons (Fsp3) is 0.0526. The second-order valence-electron chi connectivity index (χ2n) is 9.56. The Morgan fingerprint density at radius 1 is 0.381 bits per heavy atom. The molecule has 0 N–H and O–H groups in total. The van der Waals surface area contributed by atoms with Gasteiger partial charge in [0.05, 0.1) is 14.2 Å². The van der Waals surface area contributed by atoms with E-state index in [0.29, 0.717) is 0 Å². The molecule has 0 aliphatic rings. The Balaban J connectivity index is 1.27. The van der Waals surface area contributed by atoms with Crippen LogP contribution in [0.1, 0.15) is 44.5 Å². The van der Waals surface area contributed by atoms with Gasteiger partial charge in [-0.15, -0.1) is 0 Å². The minimum Gasteiger partial charge on any atom is -0.496 e. The molecule has 0 aliphatic heterocycles. The molecule has 5 rings (SSSR count). The van der Waals surface area contributed by atoms with E-state index in [1.54, 1.807) is 39.0 Å². The summed E-state index contributed by atoms with van der Waals surface area (Å²) in [6, 6.07) is 28.8. The number of benzene rings is 3. The lowest BCUT2D eigenvalue weighted by Gasteiger charge is -2.11. The first-order chi connectivity index (χ1) is 20.7. The third-order valence-electron chi connectivity index (χ3n) is 6.71. The average molecular weight is 549 g/mol. The van der Waals surface area contributed by atoms with Crippen LogP contribution in [0.15, 0.2) is 110 Å². The molecule has 0 atom stereocenters. The molecule has 2 heterocycles. The van der Waals surface area contributed by atoms with Crippen molar-refractivity contribution in [2.24, 2.45) is 0 Å². The molecule has 0 spiro atoms. The standard InChI is InChI=1S/C38H32N2O2/c1-41-37-27-36(18-16-32-9-5-30(6-10-32)12-14-34-21-25-40-26-22-34)38(42-2)28-35(37)17-15-31-7-3-29(4-8-31)11-13-33-19-23-39-24-20-33/h3-28H,1-2H3/b13-11+,14-12+,17-15+,18-16+. The first kappa shape index (κ1) is 28.1. The van der Waals surface area contributed by atoms with E-state index in [1.807, 2.05) is 36.4 Å². The van der Waals surface area contributed by atoms with Gasteiger partial charge in [0.25, 0.3) is 0 Å². The number of methoxy groups -OCH3 is 2. The highest BCUT2D eigenvalue weighted by atomic mass is 16.5. The number of aromatic nitrogens is 2. The Kier molecular flexibility index (Phi) is 9.51. The van der Waals surface area contributed by atoms with Gasteiger partial charge in [0.1, 0.15) is 11.5 Å². The maximum Gasteiger partial charge on any atom is 0.126 e. The van der Waals surface area contributed by atoms with Gasteiger partial charge in [-0.2, -0.15) is 0 Å². The highest BCUT2D eigenvalue weighted by Crippen LogP contribution is 2.32. The first-order valence-electron chi connectivity index (χ1n) is 13.7. The van der Waals surface area contributed by atoms with Crippen molar-refractivity contribution in [2.45, 2.75) is 0 Å². The van der Waals surface area contributed by atoms with Crippen LogP contribution in [0, 0.1) is 0 Å². The number of hydrogen-bond acceptors (Lipinski definition) is 4. The Morgan fingerprint density at radius 2 is 0.643 bits per heavy atom. The monoisotopic (exact) mass is 548 g/mol. The van der Waals surface area contributed by atoms with Crippen LogP contribution in [0.3, 0.4) is 0 Å². The zero-order valence-corrected chi connectivity index (χ0v) is 23.7. The lowest BCUT2D eigenvalue weighted by Crippen LogP contribution is -1.93.